The summed E-state index contributed by atoms with van der Waals surface area (Å²) in [5.74, 6) is -1.18. The lowest BCUT2D eigenvalue weighted by atomic mass is 10.1. The number of rotatable bonds is 3. The van der Waals surface area contributed by atoms with Crippen LogP contribution in [-0.2, 0) is 11.3 Å². The second-order valence-electron chi connectivity index (χ2n) is 7.16. The van der Waals surface area contributed by atoms with Gasteiger partial charge in [-0.25, -0.2) is 9.59 Å². The maximum Gasteiger partial charge on any atom is 0.410 e. The third-order valence-electron chi connectivity index (χ3n) is 3.99. The quantitative estimate of drug-likeness (QED) is 0.751. The molecule has 1 saturated heterocycles. The standard InChI is InChI=1S/C17H23Cl2N3O4/c1-17(2,3)26-16(25)22-6-4-21(5-7-22)9-11-12(18)8-10(15(23)24)14(20)13(11)19/h8H,4-7,9,20H2,1-3H3,(H,23,24). The molecule has 1 aromatic carbocycles. The van der Waals surface area contributed by atoms with E-state index in [0.717, 1.165) is 0 Å². The first kappa shape index (κ1) is 20.6. The molecule has 0 saturated carbocycles. The molecule has 1 amide bonds. The Hall–Kier alpha value is -1.70. The van der Waals surface area contributed by atoms with Gasteiger partial charge in [0.1, 0.15) is 5.60 Å². The number of aromatic carboxylic acids is 1. The smallest absolute Gasteiger partial charge is 0.410 e. The van der Waals surface area contributed by atoms with Gasteiger partial charge in [0.05, 0.1) is 16.3 Å². The van der Waals surface area contributed by atoms with E-state index in [4.69, 9.17) is 38.8 Å². The molecular formula is C17H23Cl2N3O4. The number of nitrogen functional groups attached to an aromatic ring is 1. The van der Waals surface area contributed by atoms with Crippen molar-refractivity contribution in [2.24, 2.45) is 0 Å². The van der Waals surface area contributed by atoms with Crippen molar-refractivity contribution >= 4 is 41.0 Å². The number of nitrogens with two attached hydrogens (primary N) is 1. The van der Waals surface area contributed by atoms with E-state index >= 15 is 0 Å². The van der Waals surface area contributed by atoms with Crippen LogP contribution in [0.5, 0.6) is 0 Å². The van der Waals surface area contributed by atoms with Gasteiger partial charge in [-0.05, 0) is 26.8 Å². The Kier molecular flexibility index (Phi) is 6.26. The number of carbonyl (C=O) groups is 2. The number of anilines is 1. The summed E-state index contributed by atoms with van der Waals surface area (Å²) in [5.41, 5.74) is 5.77. The van der Waals surface area contributed by atoms with E-state index in [9.17, 15) is 9.59 Å². The molecule has 0 spiro atoms. The van der Waals surface area contributed by atoms with Crippen LogP contribution in [0.4, 0.5) is 10.5 Å². The van der Waals surface area contributed by atoms with E-state index in [1.54, 1.807) is 4.90 Å². The molecule has 1 aliphatic rings. The summed E-state index contributed by atoms with van der Waals surface area (Å²) in [6, 6.07) is 1.32. The summed E-state index contributed by atoms with van der Waals surface area (Å²) in [6.07, 6.45) is -0.330. The van der Waals surface area contributed by atoms with E-state index in [2.05, 4.69) is 4.90 Å². The highest BCUT2D eigenvalue weighted by Gasteiger charge is 2.27. The van der Waals surface area contributed by atoms with Crippen molar-refractivity contribution in [3.63, 3.8) is 0 Å². The molecule has 0 aliphatic carbocycles. The van der Waals surface area contributed by atoms with Gasteiger partial charge in [-0.1, -0.05) is 23.2 Å². The molecule has 0 radical (unpaired) electrons. The molecule has 2 rings (SSSR count). The zero-order valence-corrected chi connectivity index (χ0v) is 16.5. The van der Waals surface area contributed by atoms with Crippen molar-refractivity contribution in [3.05, 3.63) is 27.2 Å². The molecule has 1 heterocycles. The summed E-state index contributed by atoms with van der Waals surface area (Å²) in [5, 5.41) is 9.55. The van der Waals surface area contributed by atoms with E-state index in [-0.39, 0.29) is 27.4 Å². The van der Waals surface area contributed by atoms with Crippen LogP contribution in [0.15, 0.2) is 6.07 Å². The maximum atomic E-state index is 12.1. The summed E-state index contributed by atoms with van der Waals surface area (Å²) in [4.78, 5) is 27.0. The Morgan fingerprint density at radius 2 is 1.81 bits per heavy atom. The van der Waals surface area contributed by atoms with Crippen LogP contribution in [0, 0.1) is 0 Å². The zero-order chi connectivity index (χ0) is 19.6. The summed E-state index contributed by atoms with van der Waals surface area (Å²) in [7, 11) is 0. The number of nitrogens with zero attached hydrogens (tertiary/aromatic N) is 2. The SMILES string of the molecule is CC(C)(C)OC(=O)N1CCN(Cc2c(Cl)cc(C(=O)O)c(N)c2Cl)CC1. The van der Waals surface area contributed by atoms with E-state index < -0.39 is 11.6 Å². The largest absolute Gasteiger partial charge is 0.478 e. The molecular weight excluding hydrogens is 381 g/mol. The highest BCUT2D eigenvalue weighted by atomic mass is 35.5. The van der Waals surface area contributed by atoms with Crippen LogP contribution in [0.3, 0.4) is 0 Å². The molecule has 0 bridgehead atoms. The van der Waals surface area contributed by atoms with Crippen molar-refractivity contribution in [1.82, 2.24) is 9.80 Å². The first-order valence-electron chi connectivity index (χ1n) is 8.19. The fourth-order valence-electron chi connectivity index (χ4n) is 2.64. The van der Waals surface area contributed by atoms with Gasteiger partial charge in [0, 0.05) is 43.3 Å². The topological polar surface area (TPSA) is 96.1 Å². The number of ether oxygens (including phenoxy) is 1. The highest BCUT2D eigenvalue weighted by molar-refractivity contribution is 6.38. The summed E-state index contributed by atoms with van der Waals surface area (Å²) < 4.78 is 5.37. The molecule has 3 N–H and O–H groups in total. The van der Waals surface area contributed by atoms with Gasteiger partial charge in [0.15, 0.2) is 0 Å². The second kappa shape index (κ2) is 7.90. The predicted octanol–water partition coefficient (Wildman–Crippen LogP) is 3.33. The molecule has 144 valence electrons. The number of hydrogen-bond donors (Lipinski definition) is 2. The predicted molar refractivity (Wildman–Crippen MR) is 101 cm³/mol. The zero-order valence-electron chi connectivity index (χ0n) is 15.0. The molecule has 1 aromatic rings. The number of hydrogen-bond acceptors (Lipinski definition) is 5. The van der Waals surface area contributed by atoms with Crippen LogP contribution >= 0.6 is 23.2 Å². The first-order chi connectivity index (χ1) is 12.0. The minimum absolute atomic E-state index is 0.00552. The van der Waals surface area contributed by atoms with Gasteiger partial charge in [0.2, 0.25) is 0 Å². The van der Waals surface area contributed by atoms with Crippen LogP contribution < -0.4 is 5.73 Å². The Morgan fingerprint density at radius 3 is 2.31 bits per heavy atom. The van der Waals surface area contributed by atoms with Gasteiger partial charge in [0.25, 0.3) is 0 Å². The van der Waals surface area contributed by atoms with E-state index in [1.807, 2.05) is 20.8 Å². The van der Waals surface area contributed by atoms with E-state index in [1.165, 1.54) is 6.07 Å². The van der Waals surface area contributed by atoms with Crippen LogP contribution in [-0.4, -0.2) is 58.7 Å². The summed E-state index contributed by atoms with van der Waals surface area (Å²) >= 11 is 12.4. The fraction of sp³-hybridized carbons (Fsp3) is 0.529. The van der Waals surface area contributed by atoms with Crippen molar-refractivity contribution < 1.29 is 19.4 Å². The number of piperazine rings is 1. The van der Waals surface area contributed by atoms with E-state index in [0.29, 0.717) is 38.3 Å². The van der Waals surface area contributed by atoms with Crippen molar-refractivity contribution in [2.75, 3.05) is 31.9 Å². The molecule has 0 atom stereocenters. The van der Waals surface area contributed by atoms with Gasteiger partial charge in [-0.15, -0.1) is 0 Å². The number of carbonyl (C=O) groups excluding carboxylic acids is 1. The first-order valence-corrected chi connectivity index (χ1v) is 8.95. The van der Waals surface area contributed by atoms with Crippen molar-refractivity contribution in [3.8, 4) is 0 Å². The maximum absolute atomic E-state index is 12.1. The lowest BCUT2D eigenvalue weighted by Crippen LogP contribution is -2.49. The molecule has 9 heteroatoms. The Bertz CT molecular complexity index is 711. The fourth-order valence-corrected chi connectivity index (χ4v) is 3.21. The molecule has 0 aromatic heterocycles. The minimum atomic E-state index is -1.18. The highest BCUT2D eigenvalue weighted by Crippen LogP contribution is 2.34. The lowest BCUT2D eigenvalue weighted by Gasteiger charge is -2.35. The molecule has 1 aliphatic heterocycles. The average Bonchev–Trinajstić information content (AvgIpc) is 2.53. The van der Waals surface area contributed by atoms with Crippen molar-refractivity contribution in [2.45, 2.75) is 32.9 Å². The molecule has 26 heavy (non-hydrogen) atoms. The van der Waals surface area contributed by atoms with Gasteiger partial charge >= 0.3 is 12.1 Å². The Morgan fingerprint density at radius 1 is 1.23 bits per heavy atom. The third kappa shape index (κ3) is 4.93. The monoisotopic (exact) mass is 403 g/mol. The third-order valence-corrected chi connectivity index (χ3v) is 4.76. The Balaban J connectivity index is 2.03. The Labute approximate surface area is 162 Å². The molecule has 0 unspecified atom stereocenters. The number of carboxylic acids is 1. The number of halogens is 2. The number of amides is 1. The van der Waals surface area contributed by atoms with Crippen LogP contribution in [0.2, 0.25) is 10.0 Å². The van der Waals surface area contributed by atoms with Gasteiger partial charge in [-0.3, -0.25) is 4.90 Å². The lowest BCUT2D eigenvalue weighted by molar-refractivity contribution is 0.0139. The number of carboxylic acid groups (broad SMARTS) is 1. The number of benzene rings is 1. The summed E-state index contributed by atoms with van der Waals surface area (Å²) in [6.45, 7) is 8.19. The van der Waals surface area contributed by atoms with Crippen LogP contribution in [0.25, 0.3) is 0 Å². The van der Waals surface area contributed by atoms with Gasteiger partial charge < -0.3 is 20.5 Å². The molecule has 1 fully saturated rings. The van der Waals surface area contributed by atoms with Crippen molar-refractivity contribution in [1.29, 1.82) is 0 Å². The second-order valence-corrected chi connectivity index (χ2v) is 7.95. The average molecular weight is 404 g/mol. The minimum Gasteiger partial charge on any atom is -0.478 e. The normalized spacial score (nSPS) is 15.8. The van der Waals surface area contributed by atoms with Crippen LogP contribution in [0.1, 0.15) is 36.7 Å². The van der Waals surface area contributed by atoms with Gasteiger partial charge in [-0.2, -0.15) is 0 Å². The molecule has 7 nitrogen and oxygen atoms in total.